The highest BCUT2D eigenvalue weighted by atomic mass is 32.2. The Bertz CT molecular complexity index is 751. The summed E-state index contributed by atoms with van der Waals surface area (Å²) in [5, 5.41) is 0. The molecule has 0 N–H and O–H groups in total. The van der Waals surface area contributed by atoms with Gasteiger partial charge in [-0.3, -0.25) is 13.8 Å². The Hall–Kier alpha value is -1.69. The van der Waals surface area contributed by atoms with Gasteiger partial charge in [-0.1, -0.05) is 29.8 Å². The molecule has 1 aromatic carbocycles. The predicted octanol–water partition coefficient (Wildman–Crippen LogP) is 1.86. The van der Waals surface area contributed by atoms with Crippen molar-refractivity contribution in [3.05, 3.63) is 35.4 Å². The molecule has 140 valence electrons. The molecule has 2 amide bonds. The number of benzene rings is 1. The first-order valence-corrected chi connectivity index (χ1v) is 10.8. The molecular formula is C20H26N2O3S. The number of likely N-dealkylation sites (tertiary alicyclic amines) is 1. The molecule has 1 aliphatic carbocycles. The van der Waals surface area contributed by atoms with Crippen LogP contribution in [0, 0.1) is 12.8 Å². The van der Waals surface area contributed by atoms with E-state index in [4.69, 9.17) is 0 Å². The second-order valence-corrected chi connectivity index (χ2v) is 9.67. The Morgan fingerprint density at radius 2 is 2.00 bits per heavy atom. The van der Waals surface area contributed by atoms with E-state index in [2.05, 4.69) is 0 Å². The lowest BCUT2D eigenvalue weighted by atomic mass is 10.0. The zero-order valence-corrected chi connectivity index (χ0v) is 16.1. The standard InChI is InChI=1S/C20H26N2O3S/c1-15-3-2-4-17(11-15)12-18(23)21-9-7-20(8-10-21)22(13-16-5-6-16)19(24)14-26(20)25/h2-4,11,16H,5-10,12-14H2,1H3. The van der Waals surface area contributed by atoms with Gasteiger partial charge in [0.1, 0.15) is 10.6 Å². The van der Waals surface area contributed by atoms with Crippen LogP contribution in [-0.4, -0.2) is 56.1 Å². The van der Waals surface area contributed by atoms with Gasteiger partial charge in [0.05, 0.1) is 17.2 Å². The maximum Gasteiger partial charge on any atom is 0.236 e. The topological polar surface area (TPSA) is 57.7 Å². The van der Waals surface area contributed by atoms with Crippen LogP contribution >= 0.6 is 0 Å². The van der Waals surface area contributed by atoms with Crippen LogP contribution in [-0.2, 0) is 26.8 Å². The van der Waals surface area contributed by atoms with E-state index in [9.17, 15) is 13.8 Å². The van der Waals surface area contributed by atoms with Crippen molar-refractivity contribution in [1.82, 2.24) is 9.80 Å². The van der Waals surface area contributed by atoms with E-state index >= 15 is 0 Å². The van der Waals surface area contributed by atoms with E-state index < -0.39 is 15.7 Å². The molecule has 2 heterocycles. The van der Waals surface area contributed by atoms with Crippen LogP contribution in [0.2, 0.25) is 0 Å². The van der Waals surface area contributed by atoms with Gasteiger partial charge in [0.2, 0.25) is 11.8 Å². The van der Waals surface area contributed by atoms with Crippen LogP contribution in [0.15, 0.2) is 24.3 Å². The number of hydrogen-bond acceptors (Lipinski definition) is 3. The first kappa shape index (κ1) is 17.7. The second-order valence-electron chi connectivity index (χ2n) is 7.93. The van der Waals surface area contributed by atoms with Gasteiger partial charge in [-0.15, -0.1) is 0 Å². The summed E-state index contributed by atoms with van der Waals surface area (Å²) in [5.74, 6) is 0.903. The lowest BCUT2D eigenvalue weighted by molar-refractivity contribution is -0.135. The van der Waals surface area contributed by atoms with Crippen LogP contribution in [0.4, 0.5) is 0 Å². The van der Waals surface area contributed by atoms with E-state index in [0.29, 0.717) is 38.3 Å². The molecule has 1 saturated carbocycles. The Morgan fingerprint density at radius 3 is 2.65 bits per heavy atom. The lowest BCUT2D eigenvalue weighted by Crippen LogP contribution is -2.56. The van der Waals surface area contributed by atoms with E-state index in [-0.39, 0.29) is 17.6 Å². The number of aryl methyl sites for hydroxylation is 1. The van der Waals surface area contributed by atoms with Gasteiger partial charge in [0, 0.05) is 32.5 Å². The van der Waals surface area contributed by atoms with Crippen molar-refractivity contribution in [2.75, 3.05) is 25.4 Å². The van der Waals surface area contributed by atoms with Gasteiger partial charge in [-0.05, 0) is 31.2 Å². The molecule has 4 rings (SSSR count). The van der Waals surface area contributed by atoms with Crippen molar-refractivity contribution in [3.8, 4) is 0 Å². The molecule has 2 aliphatic heterocycles. The summed E-state index contributed by atoms with van der Waals surface area (Å²) in [7, 11) is -1.15. The summed E-state index contributed by atoms with van der Waals surface area (Å²) in [6.45, 7) is 3.96. The van der Waals surface area contributed by atoms with Gasteiger partial charge in [-0.25, -0.2) is 0 Å². The molecule has 2 saturated heterocycles. The Balaban J connectivity index is 1.41. The third kappa shape index (κ3) is 3.31. The molecule has 6 heteroatoms. The predicted molar refractivity (Wildman–Crippen MR) is 101 cm³/mol. The molecular weight excluding hydrogens is 348 g/mol. The minimum absolute atomic E-state index is 0.0368. The van der Waals surface area contributed by atoms with E-state index in [0.717, 1.165) is 17.7 Å². The smallest absolute Gasteiger partial charge is 0.236 e. The first-order valence-electron chi connectivity index (χ1n) is 9.50. The van der Waals surface area contributed by atoms with Crippen LogP contribution in [0.25, 0.3) is 0 Å². The fourth-order valence-corrected chi connectivity index (χ4v) is 5.92. The number of amides is 2. The third-order valence-corrected chi connectivity index (χ3v) is 7.93. The highest BCUT2D eigenvalue weighted by Gasteiger charge is 2.54. The highest BCUT2D eigenvalue weighted by Crippen LogP contribution is 2.41. The summed E-state index contributed by atoms with van der Waals surface area (Å²) in [5.41, 5.74) is 2.19. The second kappa shape index (κ2) is 6.80. The fourth-order valence-electron chi connectivity index (χ4n) is 4.21. The molecule has 0 bridgehead atoms. The summed E-state index contributed by atoms with van der Waals surface area (Å²) < 4.78 is 12.7. The van der Waals surface area contributed by atoms with E-state index in [1.54, 1.807) is 0 Å². The van der Waals surface area contributed by atoms with Crippen molar-refractivity contribution in [2.24, 2.45) is 5.92 Å². The number of piperidine rings is 1. The average Bonchev–Trinajstić information content (AvgIpc) is 3.40. The molecule has 1 aromatic rings. The maximum absolute atomic E-state index is 12.7. The minimum Gasteiger partial charge on any atom is -0.342 e. The zero-order chi connectivity index (χ0) is 18.3. The summed E-state index contributed by atoms with van der Waals surface area (Å²) >= 11 is 0. The Kier molecular flexibility index (Phi) is 4.63. The van der Waals surface area contributed by atoms with Crippen LogP contribution in [0.3, 0.4) is 0 Å². The molecule has 1 unspecified atom stereocenters. The Morgan fingerprint density at radius 1 is 1.27 bits per heavy atom. The van der Waals surface area contributed by atoms with Crippen molar-refractivity contribution in [2.45, 2.75) is 43.9 Å². The van der Waals surface area contributed by atoms with Crippen LogP contribution in [0.1, 0.15) is 36.8 Å². The lowest BCUT2D eigenvalue weighted by Gasteiger charge is -2.43. The van der Waals surface area contributed by atoms with E-state index in [1.165, 1.54) is 12.8 Å². The SMILES string of the molecule is Cc1cccc(CC(=O)N2CCC3(CC2)N(CC2CC2)C(=O)CS3=O)c1. The van der Waals surface area contributed by atoms with Crippen molar-refractivity contribution in [3.63, 3.8) is 0 Å². The third-order valence-electron chi connectivity index (χ3n) is 5.94. The fraction of sp³-hybridized carbons (Fsp3) is 0.600. The molecule has 0 aromatic heterocycles. The first-order chi connectivity index (χ1) is 12.5. The van der Waals surface area contributed by atoms with E-state index in [1.807, 2.05) is 41.0 Å². The van der Waals surface area contributed by atoms with Gasteiger partial charge in [0.25, 0.3) is 0 Å². The summed E-state index contributed by atoms with van der Waals surface area (Å²) in [6.07, 6.45) is 4.03. The molecule has 5 nitrogen and oxygen atoms in total. The molecule has 0 radical (unpaired) electrons. The largest absolute Gasteiger partial charge is 0.342 e. The number of hydrogen-bond donors (Lipinski definition) is 0. The average molecular weight is 375 g/mol. The van der Waals surface area contributed by atoms with Crippen molar-refractivity contribution in [1.29, 1.82) is 0 Å². The van der Waals surface area contributed by atoms with Gasteiger partial charge in [-0.2, -0.15) is 0 Å². The Labute approximate surface area is 157 Å². The molecule has 3 fully saturated rings. The monoisotopic (exact) mass is 374 g/mol. The van der Waals surface area contributed by atoms with Gasteiger partial charge in [0.15, 0.2) is 0 Å². The van der Waals surface area contributed by atoms with Gasteiger partial charge >= 0.3 is 0 Å². The molecule has 3 aliphatic rings. The zero-order valence-electron chi connectivity index (χ0n) is 15.3. The minimum atomic E-state index is -1.15. The van der Waals surface area contributed by atoms with Crippen molar-refractivity contribution < 1.29 is 13.8 Å². The normalized spacial score (nSPS) is 25.1. The number of carbonyl (C=O) groups is 2. The van der Waals surface area contributed by atoms with Crippen LogP contribution in [0.5, 0.6) is 0 Å². The van der Waals surface area contributed by atoms with Crippen molar-refractivity contribution >= 4 is 22.6 Å². The highest BCUT2D eigenvalue weighted by molar-refractivity contribution is 7.87. The number of rotatable bonds is 4. The maximum atomic E-state index is 12.7. The molecule has 1 spiro atoms. The number of carbonyl (C=O) groups excluding carboxylic acids is 2. The molecule has 1 atom stereocenters. The van der Waals surface area contributed by atoms with Gasteiger partial charge < -0.3 is 9.80 Å². The molecule has 26 heavy (non-hydrogen) atoms. The summed E-state index contributed by atoms with van der Waals surface area (Å²) in [6, 6.07) is 8.04. The number of nitrogens with zero attached hydrogens (tertiary/aromatic N) is 2. The summed E-state index contributed by atoms with van der Waals surface area (Å²) in [4.78, 5) is 28.3. The van der Waals surface area contributed by atoms with Crippen LogP contribution < -0.4 is 0 Å². The quantitative estimate of drug-likeness (QED) is 0.808.